The van der Waals surface area contributed by atoms with Crippen molar-refractivity contribution in [3.8, 4) is 0 Å². The number of anilines is 3. The Kier molecular flexibility index (Phi) is 28.6. The normalized spacial score (nSPS) is 16.5. The van der Waals surface area contributed by atoms with Crippen LogP contribution in [-0.4, -0.2) is 160 Å². The fourth-order valence-electron chi connectivity index (χ4n) is 13.4. The number of fused-ring (bicyclic) bond motifs is 1. The number of unbranched alkanes of at least 4 members (excludes halogenated alkanes) is 12. The van der Waals surface area contributed by atoms with Crippen molar-refractivity contribution in [1.29, 1.82) is 0 Å². The molecule has 2 bridgehead atoms. The molecule has 4 aliphatic rings. The second-order valence-corrected chi connectivity index (χ2v) is 25.4. The van der Waals surface area contributed by atoms with E-state index in [2.05, 4.69) is 71.8 Å². The molecule has 1 aliphatic heterocycles. The van der Waals surface area contributed by atoms with Crippen LogP contribution in [0.3, 0.4) is 0 Å². The first kappa shape index (κ1) is 73.5. The van der Waals surface area contributed by atoms with Gasteiger partial charge in [-0.1, -0.05) is 81.1 Å². The molecular weight excluding hydrogens is 1230 g/mol. The maximum atomic E-state index is 14.6. The van der Waals surface area contributed by atoms with E-state index >= 15 is 0 Å². The quantitative estimate of drug-likeness (QED) is 0.00831. The van der Waals surface area contributed by atoms with Gasteiger partial charge in [0.1, 0.15) is 6.04 Å². The highest BCUT2D eigenvalue weighted by atomic mass is 16.5. The summed E-state index contributed by atoms with van der Waals surface area (Å²) in [4.78, 5) is 117. The van der Waals surface area contributed by atoms with E-state index < -0.39 is 34.8 Å². The zero-order chi connectivity index (χ0) is 68.4. The molecule has 6 amide bonds. The monoisotopic (exact) mass is 1320 g/mol. The molecule has 0 radical (unpaired) electrons. The van der Waals surface area contributed by atoms with Crippen LogP contribution in [0.5, 0.6) is 0 Å². The number of amides is 6. The molecule has 2 heterocycles. The number of rotatable bonds is 42. The largest absolute Gasteiger partial charge is 0.419 e. The predicted molar refractivity (Wildman–Crippen MR) is 369 cm³/mol. The summed E-state index contributed by atoms with van der Waals surface area (Å²) < 4.78 is 22.1. The van der Waals surface area contributed by atoms with Gasteiger partial charge in [0.25, 0.3) is 5.91 Å². The second kappa shape index (κ2) is 37.3. The lowest BCUT2D eigenvalue weighted by molar-refractivity contribution is -0.134. The number of aromatic nitrogens is 1. The lowest BCUT2D eigenvalue weighted by Crippen LogP contribution is -2.47. The minimum Gasteiger partial charge on any atom is -0.377 e. The van der Waals surface area contributed by atoms with Crippen LogP contribution in [0.4, 0.5) is 17.1 Å². The molecule has 5 aromatic rings. The van der Waals surface area contributed by atoms with E-state index in [0.29, 0.717) is 68.9 Å². The highest BCUT2D eigenvalue weighted by molar-refractivity contribution is 6.00. The number of aromatic amines is 1. The number of hydrogen-bond acceptors (Lipinski definition) is 16. The average Bonchev–Trinajstić information content (AvgIpc) is 0.851. The van der Waals surface area contributed by atoms with Crippen molar-refractivity contribution in [2.75, 3.05) is 109 Å². The highest BCUT2D eigenvalue weighted by Crippen LogP contribution is 2.62. The van der Waals surface area contributed by atoms with Crippen LogP contribution in [0.2, 0.25) is 0 Å². The molecule has 25 heteroatoms. The Morgan fingerprint density at radius 2 is 1.05 bits per heavy atom. The van der Waals surface area contributed by atoms with Gasteiger partial charge >= 0.3 is 11.4 Å². The Morgan fingerprint density at radius 1 is 0.604 bits per heavy atom. The van der Waals surface area contributed by atoms with E-state index in [-0.39, 0.29) is 117 Å². The Labute approximate surface area is 560 Å². The third-order valence-electron chi connectivity index (χ3n) is 18.5. The zero-order valence-corrected chi connectivity index (χ0v) is 55.8. The maximum absolute atomic E-state index is 14.6. The molecular formula is C71H97N13O12. The number of azide groups is 1. The van der Waals surface area contributed by atoms with Gasteiger partial charge < -0.3 is 66.5 Å². The van der Waals surface area contributed by atoms with Gasteiger partial charge in [0.05, 0.1) is 56.6 Å². The molecule has 25 nitrogen and oxygen atoms in total. The second-order valence-electron chi connectivity index (χ2n) is 25.4. The third-order valence-corrected chi connectivity index (χ3v) is 18.5. The van der Waals surface area contributed by atoms with Crippen LogP contribution in [0.1, 0.15) is 184 Å². The third kappa shape index (κ3) is 19.7. The van der Waals surface area contributed by atoms with Crippen molar-refractivity contribution in [2.45, 2.75) is 158 Å². The number of likely N-dealkylation sites (N-methyl/N-ethyl adjacent to an activating group) is 2. The molecule has 0 spiro atoms. The summed E-state index contributed by atoms with van der Waals surface area (Å²) in [5, 5.41) is 13.4. The fourth-order valence-corrected chi connectivity index (χ4v) is 13.4. The summed E-state index contributed by atoms with van der Waals surface area (Å²) >= 11 is 0. The average molecular weight is 1320 g/mol. The number of ether oxygens (including phenoxy) is 3. The van der Waals surface area contributed by atoms with Gasteiger partial charge in [-0.05, 0) is 165 Å². The van der Waals surface area contributed by atoms with E-state index in [1.54, 1.807) is 19.0 Å². The molecule has 1 saturated heterocycles. The summed E-state index contributed by atoms with van der Waals surface area (Å²) in [6.45, 7) is 3.81. The number of nitrogens with one attached hydrogen (secondary N) is 4. The van der Waals surface area contributed by atoms with Gasteiger partial charge in [-0.25, -0.2) is 9.59 Å². The summed E-state index contributed by atoms with van der Waals surface area (Å²) in [5.41, 5.74) is 32.6. The van der Waals surface area contributed by atoms with Crippen molar-refractivity contribution < 1.29 is 47.4 Å². The summed E-state index contributed by atoms with van der Waals surface area (Å²) in [6.07, 6.45) is 15.7. The smallest absolute Gasteiger partial charge is 0.377 e. The standard InChI is InChI=1S/C71H97N13O12/c1-82(34-36-93-38-40-95-41-39-94-37-35-83(2)68(90)61-46-52(80-81-75)47-84(61)67(89)48-21-25-56-60(42-48)79-70(92)96-69(56)91)65(88)29-30-71-57-43-49(76-62(85)18-12-6-3-9-15-31-72)22-26-53(57)66(54-27-23-50(44-58(54)71)77-63(86)19-13-7-4-10-16-32-73)55-28-24-51(45-59(55)71)78-64(87)20-14-8-5-11-17-33-74/h21-28,42-45,52,61,66H,3-20,29-41,46-47,72-74H2,1-2H3,(H,76,85)(H,77,86)(H,78,87)(H,79,92)/t52-,61-,66?,71?/m0/s1. The number of benzene rings is 4. The van der Waals surface area contributed by atoms with Gasteiger partial charge in [0.2, 0.25) is 29.5 Å². The molecule has 1 aromatic heterocycles. The van der Waals surface area contributed by atoms with Crippen molar-refractivity contribution in [1.82, 2.24) is 19.7 Å². The fraction of sp³-hybridized carbons (Fsp3) is 0.549. The number of hydrogen-bond donors (Lipinski definition) is 7. The molecule has 1 fully saturated rings. The molecule has 0 saturated carbocycles. The topological polar surface area (TPSA) is 366 Å². The molecule has 518 valence electrons. The van der Waals surface area contributed by atoms with Crippen LogP contribution in [0, 0.1) is 0 Å². The van der Waals surface area contributed by atoms with Gasteiger partial charge in [-0.15, -0.1) is 0 Å². The van der Waals surface area contributed by atoms with Gasteiger partial charge in [0, 0.05) is 98.3 Å². The number of nitrogens with two attached hydrogens (primary N) is 3. The van der Waals surface area contributed by atoms with Gasteiger partial charge in [0.15, 0.2) is 0 Å². The Bertz CT molecular complexity index is 3450. The number of carbonyl (C=O) groups excluding carboxylic acids is 6. The van der Waals surface area contributed by atoms with E-state index in [1.165, 1.54) is 28.0 Å². The molecule has 0 unspecified atom stereocenters. The molecule has 96 heavy (non-hydrogen) atoms. The maximum Gasteiger partial charge on any atom is 0.419 e. The highest BCUT2D eigenvalue weighted by Gasteiger charge is 2.52. The van der Waals surface area contributed by atoms with E-state index in [4.69, 9.17) is 36.9 Å². The lowest BCUT2D eigenvalue weighted by Gasteiger charge is -2.51. The predicted octanol–water partition coefficient (Wildman–Crippen LogP) is 8.68. The number of nitrogens with zero attached hydrogens (tertiary/aromatic N) is 6. The summed E-state index contributed by atoms with van der Waals surface area (Å²) in [6, 6.07) is 20.9. The van der Waals surface area contributed by atoms with E-state index in [0.717, 1.165) is 130 Å². The van der Waals surface area contributed by atoms with Crippen LogP contribution in [0.25, 0.3) is 21.3 Å². The summed E-state index contributed by atoms with van der Waals surface area (Å²) in [5.74, 6) is -2.48. The summed E-state index contributed by atoms with van der Waals surface area (Å²) in [7, 11) is 3.34. The first-order valence-corrected chi connectivity index (χ1v) is 34.3. The molecule has 9 rings (SSSR count). The molecule has 2 atom stereocenters. The Hall–Kier alpha value is -8.29. The first-order valence-electron chi connectivity index (χ1n) is 34.3. The van der Waals surface area contributed by atoms with Crippen LogP contribution >= 0.6 is 0 Å². The van der Waals surface area contributed by atoms with Crippen LogP contribution in [-0.2, 0) is 43.6 Å². The van der Waals surface area contributed by atoms with Crippen LogP contribution < -0.4 is 44.5 Å². The number of carbonyl (C=O) groups is 6. The van der Waals surface area contributed by atoms with Gasteiger partial charge in [-0.3, -0.25) is 33.8 Å². The van der Waals surface area contributed by atoms with E-state index in [1.807, 2.05) is 18.2 Å². The minimum absolute atomic E-state index is 0.0117. The van der Waals surface area contributed by atoms with Crippen molar-refractivity contribution in [3.63, 3.8) is 0 Å². The van der Waals surface area contributed by atoms with Gasteiger partial charge in [-0.2, -0.15) is 0 Å². The lowest BCUT2D eigenvalue weighted by atomic mass is 9.51. The molecule has 4 aromatic carbocycles. The SMILES string of the molecule is CN(CCOCCOCCOCCN(C)C(=O)[C@@H]1C[C@H](N=[N+]=[N-])CN1C(=O)c1ccc2c(=O)oc(=O)[nH]c2c1)C(=O)CCC12c3cc(NC(=O)CCCCCCCN)ccc3C(c3ccc(NC(=O)CCCCCCCN)cc31)c1ccc(NC(=O)CCCCCCCN)cc12. The van der Waals surface area contributed by atoms with Crippen molar-refractivity contribution in [3.05, 3.63) is 143 Å². The number of likely N-dealkylation sites (tertiary alicyclic amines) is 1. The Balaban J connectivity index is 0.887. The molecule has 10 N–H and O–H groups in total. The van der Waals surface area contributed by atoms with Crippen molar-refractivity contribution >= 4 is 63.4 Å². The van der Waals surface area contributed by atoms with Crippen LogP contribution in [0.15, 0.2) is 91.9 Å². The first-order chi connectivity index (χ1) is 46.6. The van der Waals surface area contributed by atoms with Crippen molar-refractivity contribution in [2.24, 2.45) is 22.3 Å². The minimum atomic E-state index is -0.975. The molecule has 3 aliphatic carbocycles. The zero-order valence-electron chi connectivity index (χ0n) is 55.8. The van der Waals surface area contributed by atoms with E-state index in [9.17, 15) is 38.4 Å². The Morgan fingerprint density at radius 3 is 1.52 bits per heavy atom. The number of H-pyrrole nitrogens is 1.